The van der Waals surface area contributed by atoms with Gasteiger partial charge in [0.1, 0.15) is 11.6 Å². The van der Waals surface area contributed by atoms with Crippen molar-refractivity contribution in [2.75, 3.05) is 0 Å². The fraction of sp³-hybridized carbons (Fsp3) is 0. The first-order chi connectivity index (χ1) is 7.20. The van der Waals surface area contributed by atoms with E-state index >= 15 is 0 Å². The highest BCUT2D eigenvalue weighted by molar-refractivity contribution is 6.08. The van der Waals surface area contributed by atoms with E-state index < -0.39 is 23.0 Å². The van der Waals surface area contributed by atoms with Gasteiger partial charge in [-0.05, 0) is 24.3 Å². The van der Waals surface area contributed by atoms with Gasteiger partial charge in [-0.2, -0.15) is 0 Å². The average Bonchev–Trinajstić information content (AvgIpc) is 2.69. The zero-order valence-corrected chi connectivity index (χ0v) is 7.63. The third-order valence-corrected chi connectivity index (χ3v) is 2.03. The summed E-state index contributed by atoms with van der Waals surface area (Å²) < 4.78 is 26.4. The van der Waals surface area contributed by atoms with Crippen molar-refractivity contribution in [2.24, 2.45) is 0 Å². The van der Waals surface area contributed by atoms with Crippen molar-refractivity contribution in [3.63, 3.8) is 0 Å². The molecule has 0 spiro atoms. The van der Waals surface area contributed by atoms with Gasteiger partial charge in [-0.15, -0.1) is 0 Å². The van der Waals surface area contributed by atoms with E-state index in [0.717, 1.165) is 12.1 Å². The summed E-state index contributed by atoms with van der Waals surface area (Å²) in [4.78, 5) is 14.2. The van der Waals surface area contributed by atoms with Crippen LogP contribution < -0.4 is 0 Å². The molecular weight excluding hydrogens is 200 g/mol. The van der Waals surface area contributed by atoms with E-state index in [9.17, 15) is 13.6 Å². The maximum absolute atomic E-state index is 13.2. The molecule has 0 radical (unpaired) electrons. The summed E-state index contributed by atoms with van der Waals surface area (Å²) in [6, 6.07) is 6.38. The monoisotopic (exact) mass is 207 g/mol. The van der Waals surface area contributed by atoms with Crippen molar-refractivity contribution < 1.29 is 13.6 Å². The molecule has 1 heterocycles. The molecule has 15 heavy (non-hydrogen) atoms. The SMILES string of the molecule is O=C(c1ccc[nH]1)c1c(F)cccc1F. The Bertz CT molecular complexity index is 471. The zero-order valence-electron chi connectivity index (χ0n) is 7.63. The normalized spacial score (nSPS) is 10.3. The van der Waals surface area contributed by atoms with Gasteiger partial charge in [0.05, 0.1) is 11.3 Å². The van der Waals surface area contributed by atoms with Crippen LogP contribution in [0, 0.1) is 11.6 Å². The van der Waals surface area contributed by atoms with Crippen LogP contribution >= 0.6 is 0 Å². The van der Waals surface area contributed by atoms with Crippen LogP contribution in [0.25, 0.3) is 0 Å². The summed E-state index contributed by atoms with van der Waals surface area (Å²) in [6.07, 6.45) is 1.52. The average molecular weight is 207 g/mol. The summed E-state index contributed by atoms with van der Waals surface area (Å²) in [6.45, 7) is 0. The first-order valence-electron chi connectivity index (χ1n) is 4.32. The first kappa shape index (κ1) is 9.58. The second-order valence-electron chi connectivity index (χ2n) is 3.01. The van der Waals surface area contributed by atoms with Crippen LogP contribution in [0.3, 0.4) is 0 Å². The van der Waals surface area contributed by atoms with Crippen molar-refractivity contribution in [3.8, 4) is 0 Å². The highest BCUT2D eigenvalue weighted by Crippen LogP contribution is 2.15. The van der Waals surface area contributed by atoms with E-state index in [-0.39, 0.29) is 5.69 Å². The Morgan fingerprint density at radius 2 is 1.73 bits per heavy atom. The summed E-state index contributed by atoms with van der Waals surface area (Å²) in [7, 11) is 0. The highest BCUT2D eigenvalue weighted by atomic mass is 19.1. The smallest absolute Gasteiger partial charge is 0.215 e. The molecule has 2 aromatic rings. The number of hydrogen-bond acceptors (Lipinski definition) is 1. The largest absolute Gasteiger partial charge is 0.359 e. The fourth-order valence-electron chi connectivity index (χ4n) is 1.32. The molecule has 2 rings (SSSR count). The maximum atomic E-state index is 13.2. The van der Waals surface area contributed by atoms with Crippen LogP contribution in [0.5, 0.6) is 0 Å². The lowest BCUT2D eigenvalue weighted by molar-refractivity contribution is 0.102. The highest BCUT2D eigenvalue weighted by Gasteiger charge is 2.18. The predicted molar refractivity (Wildman–Crippen MR) is 50.6 cm³/mol. The molecule has 0 saturated heterocycles. The molecule has 0 fully saturated rings. The number of aromatic amines is 1. The van der Waals surface area contributed by atoms with E-state index in [0.29, 0.717) is 0 Å². The van der Waals surface area contributed by atoms with Crippen LogP contribution in [0.1, 0.15) is 16.1 Å². The quantitative estimate of drug-likeness (QED) is 0.754. The van der Waals surface area contributed by atoms with Gasteiger partial charge in [0.25, 0.3) is 0 Å². The number of aromatic nitrogens is 1. The van der Waals surface area contributed by atoms with Crippen molar-refractivity contribution in [2.45, 2.75) is 0 Å². The third-order valence-electron chi connectivity index (χ3n) is 2.03. The van der Waals surface area contributed by atoms with Crippen molar-refractivity contribution in [3.05, 3.63) is 59.4 Å². The topological polar surface area (TPSA) is 32.9 Å². The molecule has 0 atom stereocenters. The Labute approximate surface area is 84.6 Å². The summed E-state index contributed by atoms with van der Waals surface area (Å²) in [5.41, 5.74) is -0.362. The number of nitrogens with one attached hydrogen (secondary N) is 1. The molecule has 0 saturated carbocycles. The van der Waals surface area contributed by atoms with Gasteiger partial charge in [-0.3, -0.25) is 4.79 Å². The van der Waals surface area contributed by atoms with Crippen LogP contribution in [-0.4, -0.2) is 10.8 Å². The minimum absolute atomic E-state index is 0.166. The summed E-state index contributed by atoms with van der Waals surface area (Å²) in [5.74, 6) is -2.39. The number of H-pyrrole nitrogens is 1. The van der Waals surface area contributed by atoms with E-state index in [1.807, 2.05) is 0 Å². The van der Waals surface area contributed by atoms with Crippen molar-refractivity contribution in [1.82, 2.24) is 4.98 Å². The number of ketones is 1. The molecule has 0 unspecified atom stereocenters. The Kier molecular flexibility index (Phi) is 2.33. The van der Waals surface area contributed by atoms with Crippen LogP contribution in [0.15, 0.2) is 36.5 Å². The lowest BCUT2D eigenvalue weighted by Gasteiger charge is -2.01. The molecule has 1 aromatic heterocycles. The third kappa shape index (κ3) is 1.66. The number of benzene rings is 1. The van der Waals surface area contributed by atoms with Gasteiger partial charge in [0.2, 0.25) is 5.78 Å². The lowest BCUT2D eigenvalue weighted by atomic mass is 10.1. The second kappa shape index (κ2) is 3.65. The van der Waals surface area contributed by atoms with E-state index in [4.69, 9.17) is 0 Å². The molecule has 76 valence electrons. The maximum Gasteiger partial charge on any atom is 0.215 e. The standard InChI is InChI=1S/C11H7F2NO/c12-7-3-1-4-8(13)10(7)11(15)9-5-2-6-14-9/h1-6,14H. The molecule has 2 nitrogen and oxygen atoms in total. The van der Waals surface area contributed by atoms with Crippen molar-refractivity contribution in [1.29, 1.82) is 0 Å². The van der Waals surface area contributed by atoms with E-state index in [1.165, 1.54) is 18.3 Å². The van der Waals surface area contributed by atoms with Crippen molar-refractivity contribution >= 4 is 5.78 Å². The fourth-order valence-corrected chi connectivity index (χ4v) is 1.32. The number of rotatable bonds is 2. The molecule has 0 aliphatic carbocycles. The predicted octanol–water partition coefficient (Wildman–Crippen LogP) is 2.52. The van der Waals surface area contributed by atoms with Gasteiger partial charge in [0.15, 0.2) is 0 Å². The van der Waals surface area contributed by atoms with Gasteiger partial charge in [-0.1, -0.05) is 6.07 Å². The Morgan fingerprint density at radius 3 is 2.27 bits per heavy atom. The van der Waals surface area contributed by atoms with Crippen LogP contribution in [0.2, 0.25) is 0 Å². The molecule has 0 amide bonds. The molecule has 4 heteroatoms. The number of hydrogen-bond donors (Lipinski definition) is 1. The Morgan fingerprint density at radius 1 is 1.07 bits per heavy atom. The Balaban J connectivity index is 2.51. The molecule has 0 aliphatic rings. The van der Waals surface area contributed by atoms with Gasteiger partial charge >= 0.3 is 0 Å². The van der Waals surface area contributed by atoms with Crippen LogP contribution in [0.4, 0.5) is 8.78 Å². The molecular formula is C11H7F2NO. The first-order valence-corrected chi connectivity index (χ1v) is 4.32. The molecule has 0 aliphatic heterocycles. The molecule has 1 aromatic carbocycles. The number of carbonyl (C=O) groups is 1. The zero-order chi connectivity index (χ0) is 10.8. The molecule has 0 bridgehead atoms. The summed E-state index contributed by atoms with van der Waals surface area (Å²) in [5, 5.41) is 0. The van der Waals surface area contributed by atoms with E-state index in [1.54, 1.807) is 6.07 Å². The van der Waals surface area contributed by atoms with Gasteiger partial charge in [-0.25, -0.2) is 8.78 Å². The van der Waals surface area contributed by atoms with E-state index in [2.05, 4.69) is 4.98 Å². The van der Waals surface area contributed by atoms with Crippen LogP contribution in [-0.2, 0) is 0 Å². The van der Waals surface area contributed by atoms with Gasteiger partial charge < -0.3 is 4.98 Å². The number of carbonyl (C=O) groups excluding carboxylic acids is 1. The van der Waals surface area contributed by atoms with Gasteiger partial charge in [0, 0.05) is 6.20 Å². The second-order valence-corrected chi connectivity index (χ2v) is 3.01. The number of halogens is 2. The molecule has 1 N–H and O–H groups in total. The Hall–Kier alpha value is -1.97. The lowest BCUT2D eigenvalue weighted by Crippen LogP contribution is -2.07. The minimum atomic E-state index is -0.852. The summed E-state index contributed by atoms with van der Waals surface area (Å²) >= 11 is 0. The minimum Gasteiger partial charge on any atom is -0.359 e.